The third kappa shape index (κ3) is 1.59. The molecule has 3 heterocycles. The lowest BCUT2D eigenvalue weighted by molar-refractivity contribution is -0.114. The van der Waals surface area contributed by atoms with Crippen molar-refractivity contribution in [3.05, 3.63) is 21.9 Å². The molecule has 0 bridgehead atoms. The number of hydrogen-bond donors (Lipinski definition) is 1. The van der Waals surface area contributed by atoms with Crippen LogP contribution in [0.15, 0.2) is 11.4 Å². The summed E-state index contributed by atoms with van der Waals surface area (Å²) in [6.07, 6.45) is 3.23. The van der Waals surface area contributed by atoms with E-state index in [1.807, 2.05) is 6.92 Å². The first-order valence-corrected chi connectivity index (χ1v) is 8.16. The van der Waals surface area contributed by atoms with Crippen LogP contribution in [0.4, 0.5) is 4.79 Å². The van der Waals surface area contributed by atoms with Gasteiger partial charge in [0, 0.05) is 29.3 Å². The van der Waals surface area contributed by atoms with E-state index in [2.05, 4.69) is 11.4 Å². The van der Waals surface area contributed by atoms with Gasteiger partial charge in [-0.15, -0.1) is 11.3 Å². The lowest BCUT2D eigenvalue weighted by atomic mass is 9.79. The van der Waals surface area contributed by atoms with Crippen molar-refractivity contribution >= 4 is 17.4 Å². The second kappa shape index (κ2) is 3.98. The average Bonchev–Trinajstić information content (AvgIpc) is 2.99. The summed E-state index contributed by atoms with van der Waals surface area (Å²) in [6.45, 7) is 3.38. The lowest BCUT2D eigenvalue weighted by Crippen LogP contribution is -2.52. The second-order valence-electron chi connectivity index (χ2n) is 6.51. The Morgan fingerprint density at radius 2 is 2.30 bits per heavy atom. The molecule has 1 N–H and O–H groups in total. The molecule has 2 fully saturated rings. The highest BCUT2D eigenvalue weighted by molar-refractivity contribution is 7.10. The van der Waals surface area contributed by atoms with Gasteiger partial charge >= 0.3 is 6.09 Å². The van der Waals surface area contributed by atoms with Gasteiger partial charge in [-0.25, -0.2) is 4.79 Å². The number of hydrogen-bond acceptors (Lipinski definition) is 3. The number of carbonyl (C=O) groups is 1. The van der Waals surface area contributed by atoms with Gasteiger partial charge in [0.05, 0.1) is 6.61 Å². The first kappa shape index (κ1) is 12.7. The minimum atomic E-state index is -0.812. The Hall–Kier alpha value is -1.07. The van der Waals surface area contributed by atoms with E-state index in [0.29, 0.717) is 12.0 Å². The van der Waals surface area contributed by atoms with Crippen molar-refractivity contribution in [2.45, 2.75) is 49.7 Å². The number of fused-ring (bicyclic) bond motifs is 3. The van der Waals surface area contributed by atoms with E-state index < -0.39 is 6.09 Å². The quantitative estimate of drug-likeness (QED) is 0.799. The summed E-state index contributed by atoms with van der Waals surface area (Å²) in [7, 11) is 0. The standard InChI is InChI=1S/C15H19NO3S/c1-10-8-15(5-6-16(10)13(17)18)12-11(2-7-20-12)14(3-4-14)9-19-15/h2,7,10H,3-6,8-9H2,1H3,(H,17,18)/t10-,15?/m0/s1. The van der Waals surface area contributed by atoms with E-state index in [0.717, 1.165) is 19.4 Å². The monoisotopic (exact) mass is 293 g/mol. The Morgan fingerprint density at radius 3 is 2.95 bits per heavy atom. The number of thiophene rings is 1. The minimum Gasteiger partial charge on any atom is -0.465 e. The van der Waals surface area contributed by atoms with Gasteiger partial charge in [0.25, 0.3) is 0 Å². The molecule has 1 aliphatic carbocycles. The molecule has 2 atom stereocenters. The van der Waals surface area contributed by atoms with Crippen LogP contribution in [0.3, 0.4) is 0 Å². The van der Waals surface area contributed by atoms with Crippen molar-refractivity contribution in [1.29, 1.82) is 0 Å². The third-order valence-electron chi connectivity index (χ3n) is 5.29. The van der Waals surface area contributed by atoms with Gasteiger partial charge in [-0.1, -0.05) is 0 Å². The molecule has 1 saturated heterocycles. The van der Waals surface area contributed by atoms with Crippen molar-refractivity contribution in [2.75, 3.05) is 13.2 Å². The number of nitrogens with zero attached hydrogens (tertiary/aromatic N) is 1. The van der Waals surface area contributed by atoms with E-state index >= 15 is 0 Å². The summed E-state index contributed by atoms with van der Waals surface area (Å²) in [4.78, 5) is 14.2. The topological polar surface area (TPSA) is 49.8 Å². The summed E-state index contributed by atoms with van der Waals surface area (Å²) in [6, 6.07) is 2.29. The molecule has 0 aromatic carbocycles. The van der Waals surface area contributed by atoms with Crippen molar-refractivity contribution < 1.29 is 14.6 Å². The summed E-state index contributed by atoms with van der Waals surface area (Å²) in [5.74, 6) is 0. The van der Waals surface area contributed by atoms with Crippen LogP contribution >= 0.6 is 11.3 Å². The molecule has 1 amide bonds. The van der Waals surface area contributed by atoms with E-state index in [9.17, 15) is 9.90 Å². The van der Waals surface area contributed by atoms with Crippen molar-refractivity contribution in [1.82, 2.24) is 4.90 Å². The molecule has 5 heteroatoms. The zero-order valence-corrected chi connectivity index (χ0v) is 12.4. The molecule has 1 aromatic rings. The number of amides is 1. The second-order valence-corrected chi connectivity index (χ2v) is 7.42. The van der Waals surface area contributed by atoms with Gasteiger partial charge in [-0.05, 0) is 43.2 Å². The summed E-state index contributed by atoms with van der Waals surface area (Å²) in [5.41, 5.74) is 1.56. The number of carboxylic acid groups (broad SMARTS) is 1. The predicted molar refractivity (Wildman–Crippen MR) is 76.3 cm³/mol. The fourth-order valence-corrected chi connectivity index (χ4v) is 5.11. The smallest absolute Gasteiger partial charge is 0.407 e. The van der Waals surface area contributed by atoms with Crippen LogP contribution in [0.25, 0.3) is 0 Å². The van der Waals surface area contributed by atoms with E-state index in [1.54, 1.807) is 16.2 Å². The first-order chi connectivity index (χ1) is 9.56. The SMILES string of the molecule is C[C@H]1CC2(CCN1C(=O)O)OCC1(CC1)c1ccsc12. The molecule has 4 nitrogen and oxygen atoms in total. The molecule has 2 aliphatic heterocycles. The molecule has 20 heavy (non-hydrogen) atoms. The molecule has 4 rings (SSSR count). The summed E-state index contributed by atoms with van der Waals surface area (Å²) >= 11 is 1.79. The van der Waals surface area contributed by atoms with Crippen LogP contribution in [0.1, 0.15) is 43.0 Å². The van der Waals surface area contributed by atoms with Crippen LogP contribution in [0.5, 0.6) is 0 Å². The molecule has 2 spiro atoms. The normalized spacial score (nSPS) is 34.2. The van der Waals surface area contributed by atoms with Gasteiger partial charge < -0.3 is 14.7 Å². The number of likely N-dealkylation sites (tertiary alicyclic amines) is 1. The van der Waals surface area contributed by atoms with Gasteiger partial charge in [-0.3, -0.25) is 0 Å². The number of ether oxygens (including phenoxy) is 1. The predicted octanol–water partition coefficient (Wildman–Crippen LogP) is 3.17. The highest BCUT2D eigenvalue weighted by atomic mass is 32.1. The van der Waals surface area contributed by atoms with E-state index in [-0.39, 0.29) is 11.6 Å². The summed E-state index contributed by atoms with van der Waals surface area (Å²) in [5, 5.41) is 11.4. The third-order valence-corrected chi connectivity index (χ3v) is 6.39. The lowest BCUT2D eigenvalue weighted by Gasteiger charge is -2.47. The fraction of sp³-hybridized carbons (Fsp3) is 0.667. The highest BCUT2D eigenvalue weighted by Crippen LogP contribution is 2.59. The van der Waals surface area contributed by atoms with Crippen molar-refractivity contribution in [2.24, 2.45) is 0 Å². The van der Waals surface area contributed by atoms with Crippen LogP contribution in [-0.2, 0) is 15.8 Å². The van der Waals surface area contributed by atoms with Crippen molar-refractivity contribution in [3.63, 3.8) is 0 Å². The van der Waals surface area contributed by atoms with Crippen LogP contribution in [0.2, 0.25) is 0 Å². The number of rotatable bonds is 0. The van der Waals surface area contributed by atoms with E-state index in [4.69, 9.17) is 4.74 Å². The number of piperidine rings is 1. The van der Waals surface area contributed by atoms with Crippen LogP contribution in [0, 0.1) is 0 Å². The zero-order valence-electron chi connectivity index (χ0n) is 11.6. The highest BCUT2D eigenvalue weighted by Gasteiger charge is 2.56. The Kier molecular flexibility index (Phi) is 2.52. The van der Waals surface area contributed by atoms with Gasteiger partial charge in [0.1, 0.15) is 5.60 Å². The fourth-order valence-electron chi connectivity index (χ4n) is 3.90. The Bertz CT molecular complexity index is 565. The molecular formula is C15H19NO3S. The maximum atomic E-state index is 11.2. The zero-order chi connectivity index (χ0) is 14.0. The molecular weight excluding hydrogens is 274 g/mol. The molecule has 108 valence electrons. The Balaban J connectivity index is 1.68. The Morgan fingerprint density at radius 1 is 1.50 bits per heavy atom. The van der Waals surface area contributed by atoms with Crippen LogP contribution < -0.4 is 0 Å². The van der Waals surface area contributed by atoms with Crippen molar-refractivity contribution in [3.8, 4) is 0 Å². The summed E-state index contributed by atoms with van der Waals surface area (Å²) < 4.78 is 6.36. The molecule has 1 aromatic heterocycles. The van der Waals surface area contributed by atoms with Gasteiger partial charge in [0.15, 0.2) is 0 Å². The first-order valence-electron chi connectivity index (χ1n) is 7.28. The maximum Gasteiger partial charge on any atom is 0.407 e. The molecule has 0 radical (unpaired) electrons. The Labute approximate surface area is 122 Å². The largest absolute Gasteiger partial charge is 0.465 e. The van der Waals surface area contributed by atoms with Gasteiger partial charge in [0.2, 0.25) is 0 Å². The molecule has 1 saturated carbocycles. The molecule has 3 aliphatic rings. The average molecular weight is 293 g/mol. The minimum absolute atomic E-state index is 0.0180. The molecule has 1 unspecified atom stereocenters. The van der Waals surface area contributed by atoms with E-state index in [1.165, 1.54) is 23.3 Å². The maximum absolute atomic E-state index is 11.2. The van der Waals surface area contributed by atoms with Gasteiger partial charge in [-0.2, -0.15) is 0 Å². The van der Waals surface area contributed by atoms with Crippen LogP contribution in [-0.4, -0.2) is 35.3 Å².